The van der Waals surface area contributed by atoms with Crippen LogP contribution >= 0.6 is 0 Å². The van der Waals surface area contributed by atoms with Crippen molar-refractivity contribution in [3.63, 3.8) is 0 Å². The summed E-state index contributed by atoms with van der Waals surface area (Å²) in [4.78, 5) is 0. The third-order valence-electron chi connectivity index (χ3n) is 4.79. The van der Waals surface area contributed by atoms with Crippen molar-refractivity contribution >= 4 is 0 Å². The maximum atomic E-state index is 6.18. The van der Waals surface area contributed by atoms with Crippen LogP contribution in [0.2, 0.25) is 0 Å². The van der Waals surface area contributed by atoms with E-state index < -0.39 is 0 Å². The highest BCUT2D eigenvalue weighted by Crippen LogP contribution is 2.54. The van der Waals surface area contributed by atoms with Crippen molar-refractivity contribution in [2.45, 2.75) is 71.9 Å². The molecule has 1 aliphatic carbocycles. The molecule has 1 N–H and O–H groups in total. The molecule has 2 fully saturated rings. The Hall–Kier alpha value is -0.0800. The largest absolute Gasteiger partial charge is 0.372 e. The number of morpholine rings is 1. The molecule has 1 heterocycles. The molecule has 0 aromatic carbocycles. The molecular weight excluding hydrogens is 210 g/mol. The predicted octanol–water partition coefficient (Wildman–Crippen LogP) is 3.36. The lowest BCUT2D eigenvalue weighted by atomic mass is 9.56. The summed E-state index contributed by atoms with van der Waals surface area (Å²) in [5.74, 6) is 0. The molecule has 0 aromatic heterocycles. The van der Waals surface area contributed by atoms with Gasteiger partial charge in [-0.15, -0.1) is 0 Å². The second-order valence-corrected chi connectivity index (χ2v) is 7.66. The quantitative estimate of drug-likeness (QED) is 0.815. The monoisotopic (exact) mass is 239 g/mol. The van der Waals surface area contributed by atoms with Crippen molar-refractivity contribution in [3.8, 4) is 0 Å². The van der Waals surface area contributed by atoms with Crippen molar-refractivity contribution in [3.05, 3.63) is 0 Å². The van der Waals surface area contributed by atoms with Crippen molar-refractivity contribution in [1.82, 2.24) is 5.32 Å². The summed E-state index contributed by atoms with van der Waals surface area (Å²) in [5, 5.41) is 3.72. The van der Waals surface area contributed by atoms with Gasteiger partial charge in [0.2, 0.25) is 0 Å². The van der Waals surface area contributed by atoms with Gasteiger partial charge in [-0.3, -0.25) is 0 Å². The van der Waals surface area contributed by atoms with E-state index in [2.05, 4.69) is 39.9 Å². The second kappa shape index (κ2) is 4.24. The highest BCUT2D eigenvalue weighted by molar-refractivity contribution is 5.10. The first-order valence-electron chi connectivity index (χ1n) is 7.16. The number of hydrogen-bond donors (Lipinski definition) is 1. The average molecular weight is 239 g/mol. The molecule has 0 radical (unpaired) electrons. The summed E-state index contributed by atoms with van der Waals surface area (Å²) in [5.41, 5.74) is 1.05. The van der Waals surface area contributed by atoms with E-state index >= 15 is 0 Å². The lowest BCUT2D eigenvalue weighted by Crippen LogP contribution is -2.67. The molecule has 2 aliphatic rings. The van der Waals surface area contributed by atoms with E-state index in [4.69, 9.17) is 4.74 Å². The van der Waals surface area contributed by atoms with Gasteiger partial charge in [-0.25, -0.2) is 0 Å². The normalized spacial score (nSPS) is 31.2. The van der Waals surface area contributed by atoms with Crippen molar-refractivity contribution in [1.29, 1.82) is 0 Å². The van der Waals surface area contributed by atoms with Gasteiger partial charge in [-0.05, 0) is 30.1 Å². The summed E-state index contributed by atoms with van der Waals surface area (Å²) in [6.07, 6.45) is 4.92. The van der Waals surface area contributed by atoms with E-state index in [-0.39, 0.29) is 5.60 Å². The summed E-state index contributed by atoms with van der Waals surface area (Å²) in [7, 11) is 0. The third-order valence-corrected chi connectivity index (χ3v) is 4.79. The number of nitrogens with one attached hydrogen (secondary N) is 1. The summed E-state index contributed by atoms with van der Waals surface area (Å²) in [6.45, 7) is 13.7. The average Bonchev–Trinajstić information content (AvgIpc) is 2.18. The fourth-order valence-corrected chi connectivity index (χ4v) is 3.65. The van der Waals surface area contributed by atoms with E-state index in [1.54, 1.807) is 0 Å². The number of hydrogen-bond acceptors (Lipinski definition) is 2. The van der Waals surface area contributed by atoms with Crippen LogP contribution < -0.4 is 5.32 Å². The molecule has 0 bridgehead atoms. The second-order valence-electron chi connectivity index (χ2n) is 7.66. The first-order valence-corrected chi connectivity index (χ1v) is 7.16. The standard InChI is InChI=1S/C15H29NO/c1-6-13(2,3)9-12-15(17-8-7-16-12)10-14(4,5)11-15/h12,16H,6-11H2,1-5H3. The van der Waals surface area contributed by atoms with Crippen molar-refractivity contribution in [2.24, 2.45) is 10.8 Å². The van der Waals surface area contributed by atoms with Crippen molar-refractivity contribution in [2.75, 3.05) is 13.2 Å². The smallest absolute Gasteiger partial charge is 0.0845 e. The molecule has 100 valence electrons. The van der Waals surface area contributed by atoms with Crippen LogP contribution in [0.5, 0.6) is 0 Å². The van der Waals surface area contributed by atoms with Gasteiger partial charge in [0, 0.05) is 12.6 Å². The molecule has 0 amide bonds. The molecule has 2 rings (SSSR count). The van der Waals surface area contributed by atoms with Gasteiger partial charge in [0.15, 0.2) is 0 Å². The topological polar surface area (TPSA) is 21.3 Å². The highest BCUT2D eigenvalue weighted by atomic mass is 16.5. The zero-order valence-electron chi connectivity index (χ0n) is 12.2. The van der Waals surface area contributed by atoms with Crippen LogP contribution in [0.4, 0.5) is 0 Å². The number of ether oxygens (including phenoxy) is 1. The molecule has 1 aliphatic heterocycles. The molecule has 2 heteroatoms. The molecule has 17 heavy (non-hydrogen) atoms. The van der Waals surface area contributed by atoms with Gasteiger partial charge in [0.1, 0.15) is 0 Å². The lowest BCUT2D eigenvalue weighted by Gasteiger charge is -2.59. The molecule has 0 aromatic rings. The van der Waals surface area contributed by atoms with Crippen LogP contribution in [0, 0.1) is 10.8 Å². The first kappa shape index (κ1) is 13.4. The Morgan fingerprint density at radius 1 is 1.29 bits per heavy atom. The van der Waals surface area contributed by atoms with E-state index in [9.17, 15) is 0 Å². The molecule has 1 unspecified atom stereocenters. The van der Waals surface area contributed by atoms with Gasteiger partial charge in [0.25, 0.3) is 0 Å². The number of rotatable bonds is 3. The van der Waals surface area contributed by atoms with Crippen molar-refractivity contribution < 1.29 is 4.74 Å². The van der Waals surface area contributed by atoms with Gasteiger partial charge < -0.3 is 10.1 Å². The Morgan fingerprint density at radius 2 is 1.94 bits per heavy atom. The molecule has 2 nitrogen and oxygen atoms in total. The van der Waals surface area contributed by atoms with Gasteiger partial charge in [0.05, 0.1) is 12.2 Å². The lowest BCUT2D eigenvalue weighted by molar-refractivity contribution is -0.198. The van der Waals surface area contributed by atoms with Crippen LogP contribution in [-0.4, -0.2) is 24.8 Å². The van der Waals surface area contributed by atoms with Gasteiger partial charge in [-0.2, -0.15) is 0 Å². The Balaban J connectivity index is 2.04. The Bertz CT molecular complexity index is 275. The van der Waals surface area contributed by atoms with Crippen LogP contribution in [-0.2, 0) is 4.74 Å². The zero-order valence-corrected chi connectivity index (χ0v) is 12.2. The maximum absolute atomic E-state index is 6.18. The predicted molar refractivity (Wildman–Crippen MR) is 72.2 cm³/mol. The Kier molecular flexibility index (Phi) is 3.33. The Morgan fingerprint density at radius 3 is 2.47 bits per heavy atom. The van der Waals surface area contributed by atoms with Crippen LogP contribution in [0.3, 0.4) is 0 Å². The van der Waals surface area contributed by atoms with Gasteiger partial charge in [-0.1, -0.05) is 41.0 Å². The fraction of sp³-hybridized carbons (Fsp3) is 1.00. The SMILES string of the molecule is CCC(C)(C)CC1NCCOC12CC(C)(C)C2. The highest BCUT2D eigenvalue weighted by Gasteiger charge is 2.56. The minimum absolute atomic E-state index is 0.147. The van der Waals surface area contributed by atoms with Crippen LogP contribution in [0.15, 0.2) is 0 Å². The molecule has 1 saturated carbocycles. The maximum Gasteiger partial charge on any atom is 0.0845 e. The minimum Gasteiger partial charge on any atom is -0.372 e. The third kappa shape index (κ3) is 2.68. The van der Waals surface area contributed by atoms with Crippen LogP contribution in [0.1, 0.15) is 60.3 Å². The van der Waals surface area contributed by atoms with E-state index in [0.717, 1.165) is 13.2 Å². The van der Waals surface area contributed by atoms with E-state index in [1.165, 1.54) is 25.7 Å². The molecule has 1 saturated heterocycles. The molecule has 1 spiro atoms. The molecule has 1 atom stereocenters. The van der Waals surface area contributed by atoms with E-state index in [1.807, 2.05) is 0 Å². The fourth-order valence-electron chi connectivity index (χ4n) is 3.65. The van der Waals surface area contributed by atoms with E-state index in [0.29, 0.717) is 16.9 Å². The van der Waals surface area contributed by atoms with Crippen LogP contribution in [0.25, 0.3) is 0 Å². The minimum atomic E-state index is 0.147. The van der Waals surface area contributed by atoms with Gasteiger partial charge >= 0.3 is 0 Å². The summed E-state index contributed by atoms with van der Waals surface area (Å²) < 4.78 is 6.18. The summed E-state index contributed by atoms with van der Waals surface area (Å²) >= 11 is 0. The first-order chi connectivity index (χ1) is 7.79. The summed E-state index contributed by atoms with van der Waals surface area (Å²) in [6, 6.07) is 0.555. The molecular formula is C15H29NO. The Labute approximate surface area is 107 Å². The zero-order chi connectivity index (χ0) is 12.7.